The molecule has 0 radical (unpaired) electrons. The van der Waals surface area contributed by atoms with Crippen molar-refractivity contribution >= 4 is 42.3 Å². The Labute approximate surface area is 134 Å². The second kappa shape index (κ2) is 7.05. The number of carbonyl (C=O) groups excluding carboxylic acids is 3. The second-order valence-corrected chi connectivity index (χ2v) is 7.15. The van der Waals surface area contributed by atoms with Crippen molar-refractivity contribution in [1.82, 2.24) is 5.32 Å². The molecular weight excluding hydrogens is 310 g/mol. The van der Waals surface area contributed by atoms with Crippen LogP contribution in [-0.4, -0.2) is 34.7 Å². The number of carbonyl (C=O) groups is 3. The Kier molecular flexibility index (Phi) is 5.60. The SMILES string of the molecule is CCCCCCSC12C(=O)CNC(=O)C1CC2C(=O)OS. The van der Waals surface area contributed by atoms with E-state index in [-0.39, 0.29) is 18.2 Å². The van der Waals surface area contributed by atoms with Crippen molar-refractivity contribution < 1.29 is 18.6 Å². The van der Waals surface area contributed by atoms with Crippen molar-refractivity contribution in [3.05, 3.63) is 0 Å². The molecule has 5 nitrogen and oxygen atoms in total. The highest BCUT2D eigenvalue weighted by atomic mass is 32.2. The maximum absolute atomic E-state index is 12.4. The van der Waals surface area contributed by atoms with E-state index in [1.165, 1.54) is 11.8 Å². The van der Waals surface area contributed by atoms with Gasteiger partial charge in [-0.1, -0.05) is 26.2 Å². The topological polar surface area (TPSA) is 72.5 Å². The van der Waals surface area contributed by atoms with Gasteiger partial charge in [0.05, 0.1) is 18.4 Å². The molecule has 1 amide bonds. The predicted octanol–water partition coefficient (Wildman–Crippen LogP) is 1.76. The Morgan fingerprint density at radius 2 is 2.19 bits per heavy atom. The van der Waals surface area contributed by atoms with E-state index in [0.29, 0.717) is 6.42 Å². The number of unbranched alkanes of at least 4 members (excludes halogenated alkanes) is 3. The van der Waals surface area contributed by atoms with Gasteiger partial charge in [-0.05, 0) is 18.6 Å². The first-order chi connectivity index (χ1) is 10.1. The van der Waals surface area contributed by atoms with Gasteiger partial charge in [-0.25, -0.2) is 0 Å². The minimum absolute atomic E-state index is 0.00758. The van der Waals surface area contributed by atoms with E-state index >= 15 is 0 Å². The Balaban J connectivity index is 2.08. The van der Waals surface area contributed by atoms with Crippen LogP contribution in [0.2, 0.25) is 0 Å². The van der Waals surface area contributed by atoms with Crippen LogP contribution in [0.1, 0.15) is 39.0 Å². The second-order valence-electron chi connectivity index (χ2n) is 5.59. The number of amides is 1. The predicted molar refractivity (Wildman–Crippen MR) is 84.0 cm³/mol. The molecule has 0 spiro atoms. The van der Waals surface area contributed by atoms with Gasteiger partial charge in [0.1, 0.15) is 4.75 Å². The third kappa shape index (κ3) is 2.95. The summed E-state index contributed by atoms with van der Waals surface area (Å²) in [6.07, 6.45) is 4.78. The van der Waals surface area contributed by atoms with E-state index in [0.717, 1.165) is 31.4 Å². The number of hydrogen-bond acceptors (Lipinski definition) is 6. The van der Waals surface area contributed by atoms with Crippen LogP contribution in [0.25, 0.3) is 0 Å². The number of Topliss-reactive ketones (excluding diaryl/α,β-unsaturated/α-hetero) is 1. The first-order valence-corrected chi connectivity index (χ1v) is 8.73. The van der Waals surface area contributed by atoms with Crippen LogP contribution in [0, 0.1) is 11.8 Å². The summed E-state index contributed by atoms with van der Waals surface area (Å²) in [5.74, 6) is -0.867. The van der Waals surface area contributed by atoms with Crippen molar-refractivity contribution in [3.63, 3.8) is 0 Å². The summed E-state index contributed by atoms with van der Waals surface area (Å²) < 4.78 is 3.59. The third-order valence-corrected chi connectivity index (χ3v) is 6.34. The Bertz CT molecular complexity index is 443. The molecule has 2 fully saturated rings. The van der Waals surface area contributed by atoms with Gasteiger partial charge in [-0.2, -0.15) is 0 Å². The molecule has 1 saturated carbocycles. The number of fused-ring (bicyclic) bond motifs is 1. The largest absolute Gasteiger partial charge is 0.394 e. The fraction of sp³-hybridized carbons (Fsp3) is 0.786. The lowest BCUT2D eigenvalue weighted by molar-refractivity contribution is -0.157. The molecule has 118 valence electrons. The molecule has 1 N–H and O–H groups in total. The van der Waals surface area contributed by atoms with Crippen LogP contribution in [0.4, 0.5) is 0 Å². The zero-order valence-electron chi connectivity index (χ0n) is 12.1. The van der Waals surface area contributed by atoms with E-state index in [2.05, 4.69) is 29.3 Å². The molecule has 0 bridgehead atoms. The van der Waals surface area contributed by atoms with Crippen molar-refractivity contribution in [2.45, 2.75) is 43.8 Å². The highest BCUT2D eigenvalue weighted by Gasteiger charge is 2.67. The van der Waals surface area contributed by atoms with Gasteiger partial charge in [-0.15, -0.1) is 11.8 Å². The van der Waals surface area contributed by atoms with Crippen LogP contribution in [-0.2, 0) is 18.6 Å². The number of piperidine rings is 1. The first kappa shape index (κ1) is 16.7. The van der Waals surface area contributed by atoms with Gasteiger partial charge in [0.25, 0.3) is 0 Å². The Morgan fingerprint density at radius 1 is 1.43 bits per heavy atom. The first-order valence-electron chi connectivity index (χ1n) is 7.38. The van der Waals surface area contributed by atoms with Gasteiger partial charge in [0.15, 0.2) is 5.78 Å². The number of thiol groups is 1. The lowest BCUT2D eigenvalue weighted by atomic mass is 9.60. The molecule has 2 rings (SSSR count). The lowest BCUT2D eigenvalue weighted by Crippen LogP contribution is -2.70. The summed E-state index contributed by atoms with van der Waals surface area (Å²) in [6, 6.07) is 0. The molecule has 1 heterocycles. The molecule has 0 aromatic rings. The molecular formula is C14H21NO4S2. The summed E-state index contributed by atoms with van der Waals surface area (Å²) in [4.78, 5) is 36.2. The summed E-state index contributed by atoms with van der Waals surface area (Å²) in [5.41, 5.74) is 0. The Morgan fingerprint density at radius 3 is 2.86 bits per heavy atom. The molecule has 1 saturated heterocycles. The summed E-state index contributed by atoms with van der Waals surface area (Å²) in [6.45, 7) is 2.15. The summed E-state index contributed by atoms with van der Waals surface area (Å²) >= 11 is 5.02. The fourth-order valence-electron chi connectivity index (χ4n) is 3.17. The van der Waals surface area contributed by atoms with Gasteiger partial charge in [0.2, 0.25) is 5.91 Å². The van der Waals surface area contributed by atoms with Crippen LogP contribution in [0.15, 0.2) is 0 Å². The summed E-state index contributed by atoms with van der Waals surface area (Å²) in [7, 11) is 0. The van der Waals surface area contributed by atoms with Crippen molar-refractivity contribution in [2.75, 3.05) is 12.3 Å². The van der Waals surface area contributed by atoms with Crippen LogP contribution in [0.5, 0.6) is 0 Å². The zero-order chi connectivity index (χ0) is 15.5. The minimum Gasteiger partial charge on any atom is -0.394 e. The van der Waals surface area contributed by atoms with Gasteiger partial charge < -0.3 is 9.50 Å². The number of rotatable bonds is 7. The molecule has 3 unspecified atom stereocenters. The van der Waals surface area contributed by atoms with Gasteiger partial charge in [-0.3, -0.25) is 14.4 Å². The molecule has 0 aromatic carbocycles. The van der Waals surface area contributed by atoms with E-state index in [4.69, 9.17) is 0 Å². The number of nitrogens with one attached hydrogen (secondary N) is 1. The summed E-state index contributed by atoms with van der Waals surface area (Å²) in [5, 5.41) is 2.60. The average Bonchev–Trinajstić information content (AvgIpc) is 2.46. The van der Waals surface area contributed by atoms with E-state index in [1.807, 2.05) is 0 Å². The van der Waals surface area contributed by atoms with Crippen LogP contribution < -0.4 is 5.32 Å². The highest BCUT2D eigenvalue weighted by molar-refractivity contribution is 8.01. The Hall–Kier alpha value is -0.690. The standard InChI is InChI=1S/C14H21NO4S2/c1-2-3-4-5-6-21-14-9(7-10(14)13(18)19-20)12(17)15-8-11(14)16/h9-10,20H,2-8H2,1H3,(H,15,17). The maximum Gasteiger partial charge on any atom is 0.322 e. The number of ketones is 1. The highest BCUT2D eigenvalue weighted by Crippen LogP contribution is 2.56. The van der Waals surface area contributed by atoms with Crippen LogP contribution >= 0.6 is 24.7 Å². The molecule has 1 aliphatic heterocycles. The fourth-order valence-corrected chi connectivity index (χ4v) is 5.02. The van der Waals surface area contributed by atoms with Crippen molar-refractivity contribution in [3.8, 4) is 0 Å². The van der Waals surface area contributed by atoms with Crippen LogP contribution in [0.3, 0.4) is 0 Å². The van der Waals surface area contributed by atoms with E-state index in [1.54, 1.807) is 0 Å². The third-order valence-electron chi connectivity index (χ3n) is 4.40. The molecule has 21 heavy (non-hydrogen) atoms. The molecule has 2 aliphatic rings. The minimum atomic E-state index is -0.922. The lowest BCUT2D eigenvalue weighted by Gasteiger charge is -2.53. The van der Waals surface area contributed by atoms with Gasteiger partial charge in [0, 0.05) is 12.9 Å². The van der Waals surface area contributed by atoms with Gasteiger partial charge >= 0.3 is 5.97 Å². The number of thioether (sulfide) groups is 1. The van der Waals surface area contributed by atoms with Crippen molar-refractivity contribution in [2.24, 2.45) is 11.8 Å². The zero-order valence-corrected chi connectivity index (χ0v) is 13.8. The normalized spacial score (nSPS) is 31.1. The monoisotopic (exact) mass is 331 g/mol. The van der Waals surface area contributed by atoms with Crippen molar-refractivity contribution in [1.29, 1.82) is 0 Å². The van der Waals surface area contributed by atoms with E-state index in [9.17, 15) is 14.4 Å². The molecule has 7 heteroatoms. The average molecular weight is 331 g/mol. The number of hydrogen-bond donors (Lipinski definition) is 2. The molecule has 1 aliphatic carbocycles. The van der Waals surface area contributed by atoms with E-state index < -0.39 is 22.6 Å². The smallest absolute Gasteiger partial charge is 0.322 e. The maximum atomic E-state index is 12.4. The quantitative estimate of drug-likeness (QED) is 0.422. The molecule has 0 aromatic heterocycles. The molecule has 3 atom stereocenters.